The molecule has 2 rings (SSSR count). The van der Waals surface area contributed by atoms with Crippen LogP contribution < -0.4 is 5.73 Å². The zero-order chi connectivity index (χ0) is 15.4. The molecule has 0 bridgehead atoms. The minimum absolute atomic E-state index is 0.213. The fourth-order valence-corrected chi connectivity index (χ4v) is 2.20. The lowest BCUT2D eigenvalue weighted by Crippen LogP contribution is -2.31. The first-order chi connectivity index (χ1) is 10.0. The Morgan fingerprint density at radius 1 is 1.24 bits per heavy atom. The van der Waals surface area contributed by atoms with Crippen molar-refractivity contribution in [2.75, 3.05) is 12.3 Å². The van der Waals surface area contributed by atoms with E-state index in [9.17, 15) is 9.18 Å². The van der Waals surface area contributed by atoms with Crippen LogP contribution in [0.2, 0.25) is 0 Å². The predicted molar refractivity (Wildman–Crippen MR) is 82.4 cm³/mol. The number of carbonyl (C=O) groups excluding carboxylic acids is 1. The van der Waals surface area contributed by atoms with E-state index in [-0.39, 0.29) is 11.5 Å². The molecule has 0 aliphatic carbocycles. The summed E-state index contributed by atoms with van der Waals surface area (Å²) in [6.45, 7) is 4.91. The van der Waals surface area contributed by atoms with Crippen LogP contribution in [0.5, 0.6) is 0 Å². The molecule has 1 amide bonds. The van der Waals surface area contributed by atoms with Crippen molar-refractivity contribution < 1.29 is 9.18 Å². The third-order valence-corrected chi connectivity index (χ3v) is 3.54. The number of aryl methyl sites for hydroxylation is 1. The number of carbonyl (C=O) groups is 1. The van der Waals surface area contributed by atoms with Gasteiger partial charge in [0.2, 0.25) is 0 Å². The van der Waals surface area contributed by atoms with Crippen LogP contribution in [0.4, 0.5) is 10.1 Å². The van der Waals surface area contributed by atoms with Gasteiger partial charge < -0.3 is 10.6 Å². The van der Waals surface area contributed by atoms with Crippen LogP contribution in [0.3, 0.4) is 0 Å². The van der Waals surface area contributed by atoms with E-state index in [1.54, 1.807) is 4.90 Å². The Labute approximate surface area is 124 Å². The normalized spacial score (nSPS) is 10.4. The second-order valence-electron chi connectivity index (χ2n) is 4.98. The smallest absolute Gasteiger partial charge is 0.256 e. The quantitative estimate of drug-likeness (QED) is 0.876. The first-order valence-corrected chi connectivity index (χ1v) is 6.91. The number of amides is 1. The van der Waals surface area contributed by atoms with Crippen molar-refractivity contribution in [1.29, 1.82) is 0 Å². The van der Waals surface area contributed by atoms with Gasteiger partial charge in [0.25, 0.3) is 5.91 Å². The molecule has 0 fully saturated rings. The van der Waals surface area contributed by atoms with Gasteiger partial charge in [-0.1, -0.05) is 24.3 Å². The molecule has 0 saturated heterocycles. The van der Waals surface area contributed by atoms with E-state index >= 15 is 0 Å². The van der Waals surface area contributed by atoms with Crippen molar-refractivity contribution in [1.82, 2.24) is 4.90 Å². The average molecular weight is 286 g/mol. The van der Waals surface area contributed by atoms with Crippen molar-refractivity contribution in [3.63, 3.8) is 0 Å². The molecular weight excluding hydrogens is 267 g/mol. The summed E-state index contributed by atoms with van der Waals surface area (Å²) in [5.41, 5.74) is 8.49. The Morgan fingerprint density at radius 3 is 2.62 bits per heavy atom. The fourth-order valence-electron chi connectivity index (χ4n) is 2.20. The molecule has 2 N–H and O–H groups in total. The van der Waals surface area contributed by atoms with Crippen molar-refractivity contribution in [2.45, 2.75) is 20.4 Å². The summed E-state index contributed by atoms with van der Waals surface area (Å²) < 4.78 is 13.3. The highest BCUT2D eigenvalue weighted by Crippen LogP contribution is 2.18. The summed E-state index contributed by atoms with van der Waals surface area (Å²) >= 11 is 0. The minimum atomic E-state index is -0.459. The number of nitrogens with two attached hydrogens (primary N) is 1. The van der Waals surface area contributed by atoms with E-state index in [0.29, 0.717) is 18.8 Å². The molecule has 0 heterocycles. The molecular formula is C17H19FN2O. The van der Waals surface area contributed by atoms with Crippen LogP contribution in [0, 0.1) is 12.7 Å². The Balaban J connectivity index is 2.27. The molecule has 0 saturated carbocycles. The molecule has 110 valence electrons. The van der Waals surface area contributed by atoms with Gasteiger partial charge in [-0.2, -0.15) is 0 Å². The van der Waals surface area contributed by atoms with Crippen LogP contribution in [0.1, 0.15) is 28.4 Å². The van der Waals surface area contributed by atoms with Gasteiger partial charge in [-0.05, 0) is 43.2 Å². The monoisotopic (exact) mass is 286 g/mol. The number of hydrogen-bond acceptors (Lipinski definition) is 2. The van der Waals surface area contributed by atoms with Crippen LogP contribution in [0.15, 0.2) is 42.5 Å². The maximum Gasteiger partial charge on any atom is 0.256 e. The Hall–Kier alpha value is -2.36. The first kappa shape index (κ1) is 15.0. The third-order valence-electron chi connectivity index (χ3n) is 3.54. The van der Waals surface area contributed by atoms with Crippen molar-refractivity contribution >= 4 is 11.6 Å². The third kappa shape index (κ3) is 3.40. The molecule has 21 heavy (non-hydrogen) atoms. The number of halogens is 1. The van der Waals surface area contributed by atoms with E-state index in [2.05, 4.69) is 0 Å². The van der Waals surface area contributed by atoms with E-state index < -0.39 is 5.82 Å². The highest BCUT2D eigenvalue weighted by molar-refractivity contribution is 5.99. The number of hydrogen-bond donors (Lipinski definition) is 1. The molecule has 2 aromatic carbocycles. The van der Waals surface area contributed by atoms with Gasteiger partial charge in [0.05, 0.1) is 5.56 Å². The van der Waals surface area contributed by atoms with Crippen molar-refractivity contribution in [3.8, 4) is 0 Å². The fraction of sp³-hybridized carbons (Fsp3) is 0.235. The number of nitrogen functional groups attached to an aromatic ring is 1. The van der Waals surface area contributed by atoms with E-state index in [4.69, 9.17) is 5.73 Å². The van der Waals surface area contributed by atoms with E-state index in [1.165, 1.54) is 18.2 Å². The lowest BCUT2D eigenvalue weighted by molar-refractivity contribution is 0.0753. The first-order valence-electron chi connectivity index (χ1n) is 6.91. The summed E-state index contributed by atoms with van der Waals surface area (Å²) in [7, 11) is 0. The largest absolute Gasteiger partial charge is 0.398 e. The topological polar surface area (TPSA) is 46.3 Å². The molecule has 0 aliphatic heterocycles. The van der Waals surface area contributed by atoms with Crippen LogP contribution in [0.25, 0.3) is 0 Å². The highest BCUT2D eigenvalue weighted by atomic mass is 19.1. The van der Waals surface area contributed by atoms with Crippen LogP contribution in [-0.2, 0) is 6.54 Å². The standard InChI is InChI=1S/C17H19FN2O/c1-3-20(11-13-7-5-4-6-12(13)2)17(21)15-10-14(18)8-9-16(15)19/h4-10H,3,11,19H2,1-2H3. The average Bonchev–Trinajstić information content (AvgIpc) is 2.48. The lowest BCUT2D eigenvalue weighted by atomic mass is 10.1. The molecule has 4 heteroatoms. The van der Waals surface area contributed by atoms with E-state index in [0.717, 1.165) is 11.1 Å². The molecule has 0 aromatic heterocycles. The molecule has 0 radical (unpaired) electrons. The molecule has 0 unspecified atom stereocenters. The number of anilines is 1. The predicted octanol–water partition coefficient (Wildman–Crippen LogP) is 3.38. The van der Waals surface area contributed by atoms with Gasteiger partial charge in [-0.25, -0.2) is 4.39 Å². The number of nitrogens with zero attached hydrogens (tertiary/aromatic N) is 1. The highest BCUT2D eigenvalue weighted by Gasteiger charge is 2.18. The lowest BCUT2D eigenvalue weighted by Gasteiger charge is -2.22. The zero-order valence-corrected chi connectivity index (χ0v) is 12.3. The van der Waals surface area contributed by atoms with Gasteiger partial charge in [0.15, 0.2) is 0 Å². The van der Waals surface area contributed by atoms with Crippen molar-refractivity contribution in [3.05, 3.63) is 65.0 Å². The minimum Gasteiger partial charge on any atom is -0.398 e. The molecule has 0 spiro atoms. The summed E-state index contributed by atoms with van der Waals surface area (Å²) in [6.07, 6.45) is 0. The molecule has 0 aliphatic rings. The second kappa shape index (κ2) is 6.39. The number of rotatable bonds is 4. The summed E-state index contributed by atoms with van der Waals surface area (Å²) in [5, 5.41) is 0. The Morgan fingerprint density at radius 2 is 1.95 bits per heavy atom. The molecule has 3 nitrogen and oxygen atoms in total. The van der Waals surface area contributed by atoms with Gasteiger partial charge in [-0.3, -0.25) is 4.79 Å². The van der Waals surface area contributed by atoms with Gasteiger partial charge in [-0.15, -0.1) is 0 Å². The van der Waals surface area contributed by atoms with Crippen molar-refractivity contribution in [2.24, 2.45) is 0 Å². The maximum atomic E-state index is 13.3. The molecule has 0 atom stereocenters. The van der Waals surface area contributed by atoms with E-state index in [1.807, 2.05) is 38.1 Å². The van der Waals surface area contributed by atoms with Gasteiger partial charge >= 0.3 is 0 Å². The summed E-state index contributed by atoms with van der Waals surface area (Å²) in [4.78, 5) is 14.2. The SMILES string of the molecule is CCN(Cc1ccccc1C)C(=O)c1cc(F)ccc1N. The summed E-state index contributed by atoms with van der Waals surface area (Å²) in [5.74, 6) is -0.711. The Kier molecular flexibility index (Phi) is 4.58. The van der Waals surface area contributed by atoms with Crippen LogP contribution >= 0.6 is 0 Å². The maximum absolute atomic E-state index is 13.3. The second-order valence-corrected chi connectivity index (χ2v) is 4.98. The Bertz CT molecular complexity index is 655. The van der Waals surface area contributed by atoms with Crippen LogP contribution in [-0.4, -0.2) is 17.4 Å². The zero-order valence-electron chi connectivity index (χ0n) is 12.3. The summed E-state index contributed by atoms with van der Waals surface area (Å²) in [6, 6.07) is 11.8. The number of benzene rings is 2. The van der Waals surface area contributed by atoms with Gasteiger partial charge in [0, 0.05) is 18.8 Å². The van der Waals surface area contributed by atoms with Gasteiger partial charge in [0.1, 0.15) is 5.82 Å². The molecule has 2 aromatic rings.